The molecule has 17 heavy (non-hydrogen) atoms. The van der Waals surface area contributed by atoms with Gasteiger partial charge in [-0.15, -0.1) is 22.7 Å². The Hall–Kier alpha value is -0.710. The molecule has 2 aromatic rings. The fourth-order valence-electron chi connectivity index (χ4n) is 1.91. The molecule has 0 amide bonds. The molecule has 0 aromatic carbocycles. The Bertz CT molecular complexity index is 499. The Labute approximate surface area is 111 Å². The Balaban J connectivity index is 1.97. The first-order valence-corrected chi connectivity index (χ1v) is 7.47. The summed E-state index contributed by atoms with van der Waals surface area (Å²) < 4.78 is 0. The van der Waals surface area contributed by atoms with Gasteiger partial charge in [-0.2, -0.15) is 0 Å². The van der Waals surface area contributed by atoms with Crippen LogP contribution in [0.4, 0.5) is 0 Å². The summed E-state index contributed by atoms with van der Waals surface area (Å²) in [4.78, 5) is 7.26. The van der Waals surface area contributed by atoms with E-state index in [1.807, 2.05) is 18.3 Å². The fraction of sp³-hybridized carbons (Fsp3) is 0.462. The summed E-state index contributed by atoms with van der Waals surface area (Å²) in [5, 5.41) is 6.80. The summed E-state index contributed by atoms with van der Waals surface area (Å²) in [6.45, 7) is 9.47. The normalized spacial score (nSPS) is 12.9. The lowest BCUT2D eigenvalue weighted by Gasteiger charge is -2.12. The molecule has 2 nitrogen and oxygen atoms in total. The van der Waals surface area contributed by atoms with E-state index in [1.165, 1.54) is 20.3 Å². The number of aromatic nitrogens is 1. The van der Waals surface area contributed by atoms with E-state index < -0.39 is 0 Å². The Morgan fingerprint density at radius 3 is 2.65 bits per heavy atom. The molecule has 0 aliphatic heterocycles. The second kappa shape index (κ2) is 5.29. The number of thiophene rings is 1. The molecular formula is C13H18N2S2. The van der Waals surface area contributed by atoms with Gasteiger partial charge in [-0.1, -0.05) is 0 Å². The number of aryl methyl sites for hydroxylation is 3. The number of thiazole rings is 1. The van der Waals surface area contributed by atoms with Crippen molar-refractivity contribution in [1.29, 1.82) is 0 Å². The monoisotopic (exact) mass is 266 g/mol. The zero-order valence-corrected chi connectivity index (χ0v) is 12.3. The maximum Gasteiger partial charge on any atom is 0.107 e. The molecule has 0 fully saturated rings. The van der Waals surface area contributed by atoms with Crippen molar-refractivity contribution in [1.82, 2.24) is 10.3 Å². The van der Waals surface area contributed by atoms with Crippen molar-refractivity contribution in [2.75, 3.05) is 0 Å². The largest absolute Gasteiger partial charge is 0.304 e. The van der Waals surface area contributed by atoms with Crippen molar-refractivity contribution < 1.29 is 0 Å². The maximum atomic E-state index is 4.46. The molecule has 0 spiro atoms. The molecule has 1 N–H and O–H groups in total. The molecule has 1 atom stereocenters. The number of hydrogen-bond acceptors (Lipinski definition) is 4. The summed E-state index contributed by atoms with van der Waals surface area (Å²) >= 11 is 3.60. The van der Waals surface area contributed by atoms with Gasteiger partial charge in [-0.25, -0.2) is 4.98 Å². The molecule has 0 radical (unpaired) electrons. The van der Waals surface area contributed by atoms with E-state index in [2.05, 4.69) is 42.5 Å². The fourth-order valence-corrected chi connectivity index (χ4v) is 3.66. The van der Waals surface area contributed by atoms with Gasteiger partial charge >= 0.3 is 0 Å². The molecule has 0 aliphatic carbocycles. The Morgan fingerprint density at radius 2 is 2.12 bits per heavy atom. The number of rotatable bonds is 4. The van der Waals surface area contributed by atoms with Crippen LogP contribution in [0.5, 0.6) is 0 Å². The summed E-state index contributed by atoms with van der Waals surface area (Å²) in [7, 11) is 0. The highest BCUT2D eigenvalue weighted by atomic mass is 32.1. The van der Waals surface area contributed by atoms with Crippen LogP contribution in [0.25, 0.3) is 0 Å². The van der Waals surface area contributed by atoms with Crippen LogP contribution >= 0.6 is 22.7 Å². The average molecular weight is 266 g/mol. The molecule has 0 saturated carbocycles. The molecule has 1 unspecified atom stereocenters. The van der Waals surface area contributed by atoms with Gasteiger partial charge < -0.3 is 5.32 Å². The summed E-state index contributed by atoms with van der Waals surface area (Å²) in [6, 6.07) is 2.68. The Kier molecular flexibility index (Phi) is 3.97. The SMILES string of the molecule is Cc1csc(CNC(C)c2cc(C)sc2C)n1. The molecule has 4 heteroatoms. The van der Waals surface area contributed by atoms with E-state index in [1.54, 1.807) is 11.3 Å². The lowest BCUT2D eigenvalue weighted by Crippen LogP contribution is -2.18. The van der Waals surface area contributed by atoms with Gasteiger partial charge in [0.15, 0.2) is 0 Å². The van der Waals surface area contributed by atoms with E-state index in [0.717, 1.165) is 12.2 Å². The average Bonchev–Trinajstić information content (AvgIpc) is 2.81. The molecule has 2 heterocycles. The minimum atomic E-state index is 0.393. The first-order chi connectivity index (χ1) is 8.06. The van der Waals surface area contributed by atoms with Crippen LogP contribution in [0.15, 0.2) is 11.4 Å². The Morgan fingerprint density at radius 1 is 1.35 bits per heavy atom. The molecule has 0 aliphatic rings. The van der Waals surface area contributed by atoms with Gasteiger partial charge in [0.25, 0.3) is 0 Å². The van der Waals surface area contributed by atoms with Crippen molar-refractivity contribution in [3.05, 3.63) is 37.5 Å². The molecule has 2 rings (SSSR count). The third kappa shape index (κ3) is 3.15. The smallest absolute Gasteiger partial charge is 0.107 e. The number of hydrogen-bond donors (Lipinski definition) is 1. The minimum Gasteiger partial charge on any atom is -0.304 e. The number of nitrogens with one attached hydrogen (secondary N) is 1. The van der Waals surface area contributed by atoms with E-state index in [9.17, 15) is 0 Å². The molecule has 0 bridgehead atoms. The highest BCUT2D eigenvalue weighted by Gasteiger charge is 2.11. The molecule has 92 valence electrons. The highest BCUT2D eigenvalue weighted by Crippen LogP contribution is 2.26. The minimum absolute atomic E-state index is 0.393. The van der Waals surface area contributed by atoms with Gasteiger partial charge in [0, 0.05) is 33.4 Å². The molecule has 2 aromatic heterocycles. The zero-order chi connectivity index (χ0) is 12.4. The second-order valence-corrected chi connectivity index (χ2v) is 6.76. The van der Waals surface area contributed by atoms with Crippen molar-refractivity contribution >= 4 is 22.7 Å². The lowest BCUT2D eigenvalue weighted by atomic mass is 10.1. The summed E-state index contributed by atoms with van der Waals surface area (Å²) in [6.07, 6.45) is 0. The van der Waals surface area contributed by atoms with Crippen LogP contribution in [-0.2, 0) is 6.54 Å². The van der Waals surface area contributed by atoms with Gasteiger partial charge in [-0.05, 0) is 39.3 Å². The standard InChI is InChI=1S/C13H18N2S2/c1-8-7-16-13(15-8)6-14-10(3)12-5-9(2)17-11(12)4/h5,7,10,14H,6H2,1-4H3. The first kappa shape index (κ1) is 12.7. The van der Waals surface area contributed by atoms with Crippen LogP contribution in [-0.4, -0.2) is 4.98 Å². The zero-order valence-electron chi connectivity index (χ0n) is 10.7. The highest BCUT2D eigenvalue weighted by molar-refractivity contribution is 7.12. The predicted molar refractivity (Wildman–Crippen MR) is 75.9 cm³/mol. The first-order valence-electron chi connectivity index (χ1n) is 5.77. The topological polar surface area (TPSA) is 24.9 Å². The van der Waals surface area contributed by atoms with Crippen molar-refractivity contribution in [2.45, 2.75) is 40.3 Å². The van der Waals surface area contributed by atoms with E-state index in [-0.39, 0.29) is 0 Å². The van der Waals surface area contributed by atoms with Crippen LogP contribution < -0.4 is 5.32 Å². The van der Waals surface area contributed by atoms with Crippen molar-refractivity contribution in [2.24, 2.45) is 0 Å². The summed E-state index contributed by atoms with van der Waals surface area (Å²) in [5.74, 6) is 0. The quantitative estimate of drug-likeness (QED) is 0.905. The van der Waals surface area contributed by atoms with Crippen molar-refractivity contribution in [3.8, 4) is 0 Å². The third-order valence-electron chi connectivity index (χ3n) is 2.77. The second-order valence-electron chi connectivity index (χ2n) is 4.35. The van der Waals surface area contributed by atoms with Gasteiger partial charge in [0.2, 0.25) is 0 Å². The maximum absolute atomic E-state index is 4.46. The molecule has 0 saturated heterocycles. The van der Waals surface area contributed by atoms with Gasteiger partial charge in [0.05, 0.1) is 0 Å². The third-order valence-corrected chi connectivity index (χ3v) is 4.72. The van der Waals surface area contributed by atoms with Gasteiger partial charge in [-0.3, -0.25) is 0 Å². The lowest BCUT2D eigenvalue weighted by molar-refractivity contribution is 0.572. The number of nitrogens with zero attached hydrogens (tertiary/aromatic N) is 1. The van der Waals surface area contributed by atoms with Crippen LogP contribution in [0.2, 0.25) is 0 Å². The van der Waals surface area contributed by atoms with Crippen LogP contribution in [0.1, 0.15) is 39.0 Å². The van der Waals surface area contributed by atoms with Gasteiger partial charge in [0.1, 0.15) is 5.01 Å². The van der Waals surface area contributed by atoms with E-state index in [4.69, 9.17) is 0 Å². The van der Waals surface area contributed by atoms with Crippen molar-refractivity contribution in [3.63, 3.8) is 0 Å². The van der Waals surface area contributed by atoms with Crippen LogP contribution in [0, 0.1) is 20.8 Å². The van der Waals surface area contributed by atoms with Crippen LogP contribution in [0.3, 0.4) is 0 Å². The predicted octanol–water partition coefficient (Wildman–Crippen LogP) is 3.98. The molecular weight excluding hydrogens is 248 g/mol. The van der Waals surface area contributed by atoms with E-state index >= 15 is 0 Å². The van der Waals surface area contributed by atoms with E-state index in [0.29, 0.717) is 6.04 Å². The summed E-state index contributed by atoms with van der Waals surface area (Å²) in [5.41, 5.74) is 2.53.